The van der Waals surface area contributed by atoms with Crippen molar-refractivity contribution in [1.82, 2.24) is 0 Å². The van der Waals surface area contributed by atoms with Crippen LogP contribution >= 0.6 is 0 Å². The van der Waals surface area contributed by atoms with Gasteiger partial charge in [0.1, 0.15) is 11.8 Å². The summed E-state index contributed by atoms with van der Waals surface area (Å²) in [5.41, 5.74) is 0. The molecule has 1 atom stereocenters. The van der Waals surface area contributed by atoms with Crippen molar-refractivity contribution in [3.63, 3.8) is 0 Å². The number of sulfone groups is 1. The highest BCUT2D eigenvalue weighted by molar-refractivity contribution is 7.94. The summed E-state index contributed by atoms with van der Waals surface area (Å²) in [4.78, 5) is 10.1. The minimum Gasteiger partial charge on any atom is -0.481 e. The van der Waals surface area contributed by atoms with Crippen molar-refractivity contribution in [2.24, 2.45) is 0 Å². The van der Waals surface area contributed by atoms with Crippen LogP contribution in [-0.2, 0) is 14.6 Å². The van der Waals surface area contributed by atoms with Gasteiger partial charge in [-0.1, -0.05) is 0 Å². The quantitative estimate of drug-likeness (QED) is 0.576. The fourth-order valence-electron chi connectivity index (χ4n) is 1.17. The molecular weight excluding hydrogens is 194 g/mol. The highest BCUT2D eigenvalue weighted by Gasteiger charge is 2.23. The maximum atomic E-state index is 10.9. The zero-order valence-electron chi connectivity index (χ0n) is 7.01. The molecule has 0 saturated heterocycles. The number of hydrogen-bond acceptors (Lipinski definition) is 3. The van der Waals surface area contributed by atoms with Crippen LogP contribution in [0, 0.1) is 0 Å². The Morgan fingerprint density at radius 3 is 2.77 bits per heavy atom. The average Bonchev–Trinajstić information content (AvgIpc) is 2.29. The molecule has 1 aliphatic rings. The van der Waals surface area contributed by atoms with E-state index in [0.29, 0.717) is 6.54 Å². The molecule has 1 heterocycles. The van der Waals surface area contributed by atoms with Gasteiger partial charge in [-0.25, -0.2) is 8.42 Å². The van der Waals surface area contributed by atoms with Crippen molar-refractivity contribution >= 4 is 15.8 Å². The first kappa shape index (κ1) is 10.2. The van der Waals surface area contributed by atoms with E-state index in [2.05, 4.69) is 0 Å². The molecule has 13 heavy (non-hydrogen) atoms. The number of carboxylic acid groups (broad SMARTS) is 1. The van der Waals surface area contributed by atoms with Crippen LogP contribution < -0.4 is 5.32 Å². The molecule has 1 unspecified atom stereocenters. The van der Waals surface area contributed by atoms with Crippen LogP contribution in [0.2, 0.25) is 0 Å². The van der Waals surface area contributed by atoms with Gasteiger partial charge in [0.2, 0.25) is 0 Å². The van der Waals surface area contributed by atoms with Gasteiger partial charge in [0.25, 0.3) is 0 Å². The van der Waals surface area contributed by atoms with E-state index in [1.165, 1.54) is 5.41 Å². The van der Waals surface area contributed by atoms with Crippen molar-refractivity contribution in [3.8, 4) is 0 Å². The molecule has 0 aromatic heterocycles. The molecule has 0 aromatic carbocycles. The maximum Gasteiger partial charge on any atom is 0.309 e. The first-order chi connectivity index (χ1) is 5.99. The largest absolute Gasteiger partial charge is 0.481 e. The van der Waals surface area contributed by atoms with E-state index in [1.807, 2.05) is 0 Å². The molecule has 1 rings (SSSR count). The lowest BCUT2D eigenvalue weighted by atomic mass is 10.3. The average molecular weight is 206 g/mol. The van der Waals surface area contributed by atoms with Gasteiger partial charge < -0.3 is 10.4 Å². The number of carboxylic acids is 1. The third-order valence-electron chi connectivity index (χ3n) is 1.79. The van der Waals surface area contributed by atoms with Crippen LogP contribution in [0.5, 0.6) is 0 Å². The van der Waals surface area contributed by atoms with Gasteiger partial charge in [0, 0.05) is 5.41 Å². The lowest BCUT2D eigenvalue weighted by Gasteiger charge is -2.03. The van der Waals surface area contributed by atoms with E-state index in [-0.39, 0.29) is 18.2 Å². The molecule has 3 N–H and O–H groups in total. The number of nitrogens with two attached hydrogens (primary N) is 1. The van der Waals surface area contributed by atoms with Crippen molar-refractivity contribution in [2.45, 2.75) is 12.5 Å². The predicted octanol–water partition coefficient (Wildman–Crippen LogP) is -1.66. The Morgan fingerprint density at radius 1 is 1.62 bits per heavy atom. The number of rotatable bonds is 4. The second kappa shape index (κ2) is 3.89. The van der Waals surface area contributed by atoms with Crippen LogP contribution in [0.1, 0.15) is 6.42 Å². The van der Waals surface area contributed by atoms with Gasteiger partial charge in [-0.05, 0) is 6.08 Å². The normalized spacial score (nSPS) is 24.8. The summed E-state index contributed by atoms with van der Waals surface area (Å²) < 4.78 is 21.8. The molecule has 5 nitrogen and oxygen atoms in total. The van der Waals surface area contributed by atoms with Crippen molar-refractivity contribution < 1.29 is 23.6 Å². The Balaban J connectivity index is 2.27. The van der Waals surface area contributed by atoms with E-state index >= 15 is 0 Å². The molecule has 6 heteroatoms. The van der Waals surface area contributed by atoms with Crippen LogP contribution in [0.4, 0.5) is 0 Å². The summed E-state index contributed by atoms with van der Waals surface area (Å²) in [6.45, 7) is 0.417. The smallest absolute Gasteiger partial charge is 0.309 e. The maximum absolute atomic E-state index is 10.9. The lowest BCUT2D eigenvalue weighted by molar-refractivity contribution is -0.673. The first-order valence-electron chi connectivity index (χ1n) is 3.96. The summed E-state index contributed by atoms with van der Waals surface area (Å²) in [6.07, 6.45) is 1.65. The fraction of sp³-hybridized carbons (Fsp3) is 0.571. The zero-order valence-corrected chi connectivity index (χ0v) is 7.83. The summed E-state index contributed by atoms with van der Waals surface area (Å²) in [7, 11) is -3.01. The number of quaternary nitrogens is 1. The molecule has 0 aliphatic carbocycles. The third kappa shape index (κ3) is 3.56. The SMILES string of the molecule is O=C(O)CC[NH2+]C1C=CS(=O)(=O)C1. The second-order valence-corrected chi connectivity index (χ2v) is 4.92. The summed E-state index contributed by atoms with van der Waals surface area (Å²) in [5.74, 6) is -0.770. The van der Waals surface area contributed by atoms with Crippen LogP contribution in [0.15, 0.2) is 11.5 Å². The van der Waals surface area contributed by atoms with Crippen LogP contribution in [0.3, 0.4) is 0 Å². The lowest BCUT2D eigenvalue weighted by Crippen LogP contribution is -2.90. The molecule has 1 aliphatic heterocycles. The molecule has 0 aromatic rings. The molecule has 0 spiro atoms. The second-order valence-electron chi connectivity index (χ2n) is 2.99. The highest BCUT2D eigenvalue weighted by Crippen LogP contribution is 2.03. The Kier molecular flexibility index (Phi) is 3.05. The van der Waals surface area contributed by atoms with Gasteiger partial charge in [-0.15, -0.1) is 0 Å². The Bertz CT molecular complexity index is 319. The van der Waals surface area contributed by atoms with Crippen LogP contribution in [0.25, 0.3) is 0 Å². The summed E-state index contributed by atoms with van der Waals surface area (Å²) >= 11 is 0. The Hall–Kier alpha value is -0.880. The monoisotopic (exact) mass is 206 g/mol. The van der Waals surface area contributed by atoms with Gasteiger partial charge in [0.05, 0.1) is 13.0 Å². The van der Waals surface area contributed by atoms with Gasteiger partial charge in [-0.2, -0.15) is 0 Å². The standard InChI is InChI=1S/C7H11NO4S/c9-7(10)1-3-8-6-2-4-13(11,12)5-6/h2,4,6,8H,1,3,5H2,(H,9,10)/p+1. The van der Waals surface area contributed by atoms with E-state index in [0.717, 1.165) is 0 Å². The zero-order chi connectivity index (χ0) is 9.90. The highest BCUT2D eigenvalue weighted by atomic mass is 32.2. The molecular formula is C7H12NO4S+. The number of hydrogen-bond donors (Lipinski definition) is 2. The topological polar surface area (TPSA) is 88.0 Å². The number of aliphatic carboxylic acids is 1. The predicted molar refractivity (Wildman–Crippen MR) is 45.8 cm³/mol. The third-order valence-corrected chi connectivity index (χ3v) is 3.21. The molecule has 0 bridgehead atoms. The summed E-state index contributed by atoms with van der Waals surface area (Å²) in [6, 6.07) is -0.107. The van der Waals surface area contributed by atoms with Gasteiger partial charge in [-0.3, -0.25) is 4.79 Å². The number of carbonyl (C=O) groups is 1. The molecule has 0 fully saturated rings. The summed E-state index contributed by atoms with van der Waals surface area (Å²) in [5, 5.41) is 11.3. The van der Waals surface area contributed by atoms with E-state index < -0.39 is 15.8 Å². The van der Waals surface area contributed by atoms with Crippen LogP contribution in [-0.4, -0.2) is 37.8 Å². The molecule has 0 amide bonds. The van der Waals surface area contributed by atoms with E-state index in [9.17, 15) is 13.2 Å². The van der Waals surface area contributed by atoms with E-state index in [1.54, 1.807) is 11.4 Å². The van der Waals surface area contributed by atoms with E-state index in [4.69, 9.17) is 5.11 Å². The van der Waals surface area contributed by atoms with Crippen molar-refractivity contribution in [3.05, 3.63) is 11.5 Å². The van der Waals surface area contributed by atoms with Gasteiger partial charge >= 0.3 is 5.97 Å². The molecule has 74 valence electrons. The fourth-order valence-corrected chi connectivity index (χ4v) is 2.50. The van der Waals surface area contributed by atoms with Gasteiger partial charge in [0.15, 0.2) is 9.84 Å². The minimum absolute atomic E-state index is 0.0599. The van der Waals surface area contributed by atoms with Crippen molar-refractivity contribution in [1.29, 1.82) is 0 Å². The minimum atomic E-state index is -3.01. The van der Waals surface area contributed by atoms with Crippen molar-refractivity contribution in [2.75, 3.05) is 12.3 Å². The molecule has 0 radical (unpaired) electrons. The Labute approximate surface area is 76.4 Å². The first-order valence-corrected chi connectivity index (χ1v) is 5.67. The molecule has 0 saturated carbocycles. The Morgan fingerprint density at radius 2 is 2.31 bits per heavy atom.